The van der Waals surface area contributed by atoms with Crippen LogP contribution in [-0.4, -0.2) is 4.98 Å². The van der Waals surface area contributed by atoms with Crippen LogP contribution in [0.15, 0.2) is 54.7 Å². The van der Waals surface area contributed by atoms with E-state index >= 15 is 0 Å². The number of aromatic nitrogens is 1. The highest BCUT2D eigenvalue weighted by atomic mass is 35.5. The van der Waals surface area contributed by atoms with Crippen molar-refractivity contribution in [1.29, 1.82) is 5.26 Å². The van der Waals surface area contributed by atoms with Gasteiger partial charge in [-0.1, -0.05) is 35.9 Å². The first-order valence-electron chi connectivity index (χ1n) is 6.54. The lowest BCUT2D eigenvalue weighted by Crippen LogP contribution is -2.01. The Labute approximate surface area is 127 Å². The number of pyridine rings is 1. The van der Waals surface area contributed by atoms with E-state index in [1.165, 1.54) is 0 Å². The molecule has 0 atom stereocenters. The molecular formula is C17H12ClN3. The second-order valence-electron chi connectivity index (χ2n) is 4.65. The van der Waals surface area contributed by atoms with Gasteiger partial charge in [-0.25, -0.2) is 0 Å². The monoisotopic (exact) mass is 293 g/mol. The molecule has 0 radical (unpaired) electrons. The summed E-state index contributed by atoms with van der Waals surface area (Å²) in [5, 5.41) is 13.8. The van der Waals surface area contributed by atoms with Gasteiger partial charge >= 0.3 is 0 Å². The summed E-state index contributed by atoms with van der Waals surface area (Å²) in [5.74, 6) is 0. The number of hydrogen-bond donors (Lipinski definition) is 1. The Morgan fingerprint density at radius 3 is 2.81 bits per heavy atom. The Morgan fingerprint density at radius 1 is 1.14 bits per heavy atom. The number of nitrogens with one attached hydrogen (secondary N) is 1. The van der Waals surface area contributed by atoms with Crippen LogP contribution in [0.1, 0.15) is 11.1 Å². The lowest BCUT2D eigenvalue weighted by molar-refractivity contribution is 1.15. The highest BCUT2D eigenvalue weighted by Crippen LogP contribution is 2.22. The highest BCUT2D eigenvalue weighted by Gasteiger charge is 2.03. The smallest absolute Gasteiger partial charge is 0.101 e. The molecule has 0 amide bonds. The van der Waals surface area contributed by atoms with Crippen LogP contribution in [0.5, 0.6) is 0 Å². The summed E-state index contributed by atoms with van der Waals surface area (Å²) < 4.78 is 0. The van der Waals surface area contributed by atoms with E-state index in [1.807, 2.05) is 36.4 Å². The molecule has 0 unspecified atom stereocenters. The van der Waals surface area contributed by atoms with Gasteiger partial charge in [0, 0.05) is 23.8 Å². The van der Waals surface area contributed by atoms with Gasteiger partial charge < -0.3 is 5.32 Å². The molecule has 3 nitrogen and oxygen atoms in total. The number of rotatable bonds is 3. The molecule has 0 spiro atoms. The third kappa shape index (κ3) is 2.81. The summed E-state index contributed by atoms with van der Waals surface area (Å²) in [5.41, 5.74) is 3.47. The zero-order chi connectivity index (χ0) is 14.7. The molecule has 1 N–H and O–H groups in total. The summed E-state index contributed by atoms with van der Waals surface area (Å²) in [6.07, 6.45) is 1.80. The average molecular weight is 294 g/mol. The molecular weight excluding hydrogens is 282 g/mol. The molecule has 21 heavy (non-hydrogen) atoms. The minimum Gasteiger partial charge on any atom is -0.381 e. The SMILES string of the molecule is N#Cc1ccc(NCc2cccc3cccnc23)cc1Cl. The minimum absolute atomic E-state index is 0.457. The van der Waals surface area contributed by atoms with Crippen molar-refractivity contribution in [2.75, 3.05) is 5.32 Å². The summed E-state index contributed by atoms with van der Waals surface area (Å²) in [7, 11) is 0. The van der Waals surface area contributed by atoms with E-state index in [0.29, 0.717) is 17.1 Å². The molecule has 1 heterocycles. The number of fused-ring (bicyclic) bond motifs is 1. The third-order valence-corrected chi connectivity index (χ3v) is 3.60. The molecule has 1 aromatic heterocycles. The van der Waals surface area contributed by atoms with Crippen molar-refractivity contribution in [3.63, 3.8) is 0 Å². The summed E-state index contributed by atoms with van der Waals surface area (Å²) in [6, 6.07) is 17.5. The molecule has 0 aliphatic rings. The predicted octanol–water partition coefficient (Wildman–Crippen LogP) is 4.37. The zero-order valence-corrected chi connectivity index (χ0v) is 11.9. The minimum atomic E-state index is 0.457. The maximum absolute atomic E-state index is 8.87. The quantitative estimate of drug-likeness (QED) is 0.780. The van der Waals surface area contributed by atoms with E-state index in [-0.39, 0.29) is 0 Å². The lowest BCUT2D eigenvalue weighted by atomic mass is 10.1. The Morgan fingerprint density at radius 2 is 2.00 bits per heavy atom. The Kier molecular flexibility index (Phi) is 3.72. The molecule has 0 aliphatic heterocycles. The van der Waals surface area contributed by atoms with E-state index in [0.717, 1.165) is 22.2 Å². The van der Waals surface area contributed by atoms with Crippen molar-refractivity contribution in [2.45, 2.75) is 6.54 Å². The van der Waals surface area contributed by atoms with E-state index in [4.69, 9.17) is 16.9 Å². The van der Waals surface area contributed by atoms with E-state index < -0.39 is 0 Å². The summed E-state index contributed by atoms with van der Waals surface area (Å²) >= 11 is 6.03. The second kappa shape index (κ2) is 5.82. The lowest BCUT2D eigenvalue weighted by Gasteiger charge is -2.09. The normalized spacial score (nSPS) is 10.3. The van der Waals surface area contributed by atoms with Gasteiger partial charge in [0.05, 0.1) is 16.1 Å². The van der Waals surface area contributed by atoms with Crippen LogP contribution in [0.3, 0.4) is 0 Å². The largest absolute Gasteiger partial charge is 0.381 e. The van der Waals surface area contributed by atoms with Gasteiger partial charge in [-0.05, 0) is 29.8 Å². The van der Waals surface area contributed by atoms with Crippen LogP contribution in [0.25, 0.3) is 10.9 Å². The molecule has 3 aromatic rings. The van der Waals surface area contributed by atoms with Crippen molar-refractivity contribution in [2.24, 2.45) is 0 Å². The highest BCUT2D eigenvalue weighted by molar-refractivity contribution is 6.32. The Balaban J connectivity index is 1.84. The summed E-state index contributed by atoms with van der Waals surface area (Å²) in [4.78, 5) is 4.43. The van der Waals surface area contributed by atoms with Crippen molar-refractivity contribution < 1.29 is 0 Å². The molecule has 102 valence electrons. The van der Waals surface area contributed by atoms with Crippen molar-refractivity contribution >= 4 is 28.2 Å². The third-order valence-electron chi connectivity index (χ3n) is 3.29. The molecule has 0 aliphatic carbocycles. The Bertz CT molecular complexity index is 832. The number of benzene rings is 2. The molecule has 2 aromatic carbocycles. The van der Waals surface area contributed by atoms with Crippen molar-refractivity contribution in [3.8, 4) is 6.07 Å². The molecule has 3 rings (SSSR count). The van der Waals surface area contributed by atoms with Gasteiger partial charge in [0.15, 0.2) is 0 Å². The topological polar surface area (TPSA) is 48.7 Å². The molecule has 0 fully saturated rings. The van der Waals surface area contributed by atoms with Crippen molar-refractivity contribution in [3.05, 3.63) is 70.9 Å². The van der Waals surface area contributed by atoms with Gasteiger partial charge in [-0.3, -0.25) is 4.98 Å². The standard InChI is InChI=1S/C17H12ClN3/c18-16-9-15(7-6-13(16)10-19)21-11-14-4-1-3-12-5-2-8-20-17(12)14/h1-9,21H,11H2. The maximum Gasteiger partial charge on any atom is 0.101 e. The fourth-order valence-corrected chi connectivity index (χ4v) is 2.45. The van der Waals surface area contributed by atoms with Gasteiger partial charge in [0.2, 0.25) is 0 Å². The van der Waals surface area contributed by atoms with Gasteiger partial charge in [-0.15, -0.1) is 0 Å². The molecule has 0 saturated carbocycles. The number of anilines is 1. The van der Waals surface area contributed by atoms with Gasteiger partial charge in [-0.2, -0.15) is 5.26 Å². The fourth-order valence-electron chi connectivity index (χ4n) is 2.22. The van der Waals surface area contributed by atoms with Crippen LogP contribution >= 0.6 is 11.6 Å². The first-order valence-corrected chi connectivity index (χ1v) is 6.92. The number of hydrogen-bond acceptors (Lipinski definition) is 3. The number of halogens is 1. The number of nitriles is 1. The average Bonchev–Trinajstić information content (AvgIpc) is 2.53. The molecule has 4 heteroatoms. The number of nitrogens with zero attached hydrogens (tertiary/aromatic N) is 2. The first-order chi connectivity index (χ1) is 10.3. The first kappa shape index (κ1) is 13.4. The van der Waals surface area contributed by atoms with Gasteiger partial charge in [0.1, 0.15) is 6.07 Å². The molecule has 0 saturated heterocycles. The van der Waals surface area contributed by atoms with E-state index in [1.54, 1.807) is 18.3 Å². The maximum atomic E-state index is 8.87. The van der Waals surface area contributed by atoms with Crippen LogP contribution < -0.4 is 5.32 Å². The van der Waals surface area contributed by atoms with Crippen LogP contribution in [-0.2, 0) is 6.54 Å². The van der Waals surface area contributed by atoms with E-state index in [2.05, 4.69) is 16.4 Å². The van der Waals surface area contributed by atoms with E-state index in [9.17, 15) is 0 Å². The van der Waals surface area contributed by atoms with Crippen molar-refractivity contribution in [1.82, 2.24) is 4.98 Å². The number of para-hydroxylation sites is 1. The fraction of sp³-hybridized carbons (Fsp3) is 0.0588. The zero-order valence-electron chi connectivity index (χ0n) is 11.2. The van der Waals surface area contributed by atoms with Gasteiger partial charge in [0.25, 0.3) is 0 Å². The van der Waals surface area contributed by atoms with Crippen LogP contribution in [0.4, 0.5) is 5.69 Å². The predicted molar refractivity (Wildman–Crippen MR) is 85.2 cm³/mol. The summed E-state index contributed by atoms with van der Waals surface area (Å²) in [6.45, 7) is 0.649. The molecule has 0 bridgehead atoms. The second-order valence-corrected chi connectivity index (χ2v) is 5.06. The van der Waals surface area contributed by atoms with Crippen LogP contribution in [0.2, 0.25) is 5.02 Å². The van der Waals surface area contributed by atoms with Crippen LogP contribution in [0, 0.1) is 11.3 Å². The Hall–Kier alpha value is -2.57.